The normalized spacial score (nSPS) is 19.2. The van der Waals surface area contributed by atoms with Crippen LogP contribution in [0, 0.1) is 0 Å². The Labute approximate surface area is 129 Å². The molecule has 2 heterocycles. The number of piperidine rings is 1. The number of hydrogen-bond donors (Lipinski definition) is 1. The van der Waals surface area contributed by atoms with Crippen molar-refractivity contribution in [3.8, 4) is 0 Å². The van der Waals surface area contributed by atoms with Gasteiger partial charge in [-0.05, 0) is 51.3 Å². The SMILES string of the molecule is CC(C)(C)OC(=O)N[C@@H]1CCCN(c2ccnc(Cl)n2)C1. The molecule has 1 aliphatic rings. The van der Waals surface area contributed by atoms with Gasteiger partial charge in [0, 0.05) is 25.3 Å². The first-order valence-electron chi connectivity index (χ1n) is 7.06. The molecule has 2 rings (SSSR count). The predicted octanol–water partition coefficient (Wildman–Crippen LogP) is 2.62. The highest BCUT2D eigenvalue weighted by atomic mass is 35.5. The number of carbonyl (C=O) groups is 1. The maximum atomic E-state index is 11.8. The maximum absolute atomic E-state index is 11.8. The van der Waals surface area contributed by atoms with Crippen LogP contribution in [0.15, 0.2) is 12.3 Å². The maximum Gasteiger partial charge on any atom is 0.407 e. The first kappa shape index (κ1) is 15.8. The van der Waals surface area contributed by atoms with Crippen molar-refractivity contribution in [3.05, 3.63) is 17.5 Å². The van der Waals surface area contributed by atoms with Crippen LogP contribution in [-0.4, -0.2) is 40.8 Å². The quantitative estimate of drug-likeness (QED) is 0.850. The van der Waals surface area contributed by atoms with E-state index in [0.717, 1.165) is 25.2 Å². The Morgan fingerprint density at radius 2 is 2.29 bits per heavy atom. The minimum atomic E-state index is -0.487. The molecule has 0 saturated carbocycles. The van der Waals surface area contributed by atoms with Crippen LogP contribution >= 0.6 is 11.6 Å². The number of halogens is 1. The van der Waals surface area contributed by atoms with Crippen molar-refractivity contribution in [1.29, 1.82) is 0 Å². The van der Waals surface area contributed by atoms with Gasteiger partial charge in [0.25, 0.3) is 0 Å². The van der Waals surface area contributed by atoms with E-state index in [1.165, 1.54) is 0 Å². The van der Waals surface area contributed by atoms with Crippen molar-refractivity contribution in [3.63, 3.8) is 0 Å². The zero-order valence-corrected chi connectivity index (χ0v) is 13.4. The molecule has 0 spiro atoms. The third kappa shape index (κ3) is 5.04. The molecule has 1 atom stereocenters. The summed E-state index contributed by atoms with van der Waals surface area (Å²) in [4.78, 5) is 22.0. The third-order valence-corrected chi connectivity index (χ3v) is 3.26. The number of anilines is 1. The topological polar surface area (TPSA) is 67.3 Å². The first-order valence-corrected chi connectivity index (χ1v) is 7.44. The van der Waals surface area contributed by atoms with Crippen molar-refractivity contribution < 1.29 is 9.53 Å². The van der Waals surface area contributed by atoms with E-state index in [9.17, 15) is 4.79 Å². The van der Waals surface area contributed by atoms with Gasteiger partial charge in [0.2, 0.25) is 5.28 Å². The molecule has 1 aromatic heterocycles. The van der Waals surface area contributed by atoms with Crippen LogP contribution in [0.1, 0.15) is 33.6 Å². The van der Waals surface area contributed by atoms with E-state index in [0.29, 0.717) is 6.54 Å². The third-order valence-electron chi connectivity index (χ3n) is 3.08. The van der Waals surface area contributed by atoms with Gasteiger partial charge >= 0.3 is 6.09 Å². The Balaban J connectivity index is 1.93. The highest BCUT2D eigenvalue weighted by molar-refractivity contribution is 6.28. The first-order chi connectivity index (χ1) is 9.83. The Morgan fingerprint density at radius 1 is 1.52 bits per heavy atom. The summed E-state index contributed by atoms with van der Waals surface area (Å²) in [6.45, 7) is 7.13. The molecule has 1 aromatic rings. The second-order valence-electron chi connectivity index (χ2n) is 6.12. The summed E-state index contributed by atoms with van der Waals surface area (Å²) in [6.07, 6.45) is 3.15. The summed E-state index contributed by atoms with van der Waals surface area (Å²) in [7, 11) is 0. The zero-order chi connectivity index (χ0) is 15.5. The molecule has 1 saturated heterocycles. The van der Waals surface area contributed by atoms with E-state index in [2.05, 4.69) is 20.2 Å². The molecule has 1 amide bonds. The van der Waals surface area contributed by atoms with Crippen molar-refractivity contribution in [2.75, 3.05) is 18.0 Å². The van der Waals surface area contributed by atoms with Crippen LogP contribution in [0.25, 0.3) is 0 Å². The smallest absolute Gasteiger partial charge is 0.407 e. The van der Waals surface area contributed by atoms with Gasteiger partial charge < -0.3 is 15.0 Å². The van der Waals surface area contributed by atoms with E-state index in [4.69, 9.17) is 16.3 Å². The molecule has 6 nitrogen and oxygen atoms in total. The zero-order valence-electron chi connectivity index (χ0n) is 12.6. The monoisotopic (exact) mass is 312 g/mol. The lowest BCUT2D eigenvalue weighted by Crippen LogP contribution is -2.49. The fourth-order valence-electron chi connectivity index (χ4n) is 2.28. The fraction of sp³-hybridized carbons (Fsp3) is 0.643. The van der Waals surface area contributed by atoms with Crippen LogP contribution < -0.4 is 10.2 Å². The average molecular weight is 313 g/mol. The highest BCUT2D eigenvalue weighted by Crippen LogP contribution is 2.19. The lowest BCUT2D eigenvalue weighted by Gasteiger charge is -2.34. The summed E-state index contributed by atoms with van der Waals surface area (Å²) in [6, 6.07) is 1.87. The van der Waals surface area contributed by atoms with E-state index >= 15 is 0 Å². The van der Waals surface area contributed by atoms with E-state index < -0.39 is 5.60 Å². The van der Waals surface area contributed by atoms with Gasteiger partial charge in [0.15, 0.2) is 0 Å². The molecule has 0 bridgehead atoms. The molecule has 21 heavy (non-hydrogen) atoms. The van der Waals surface area contributed by atoms with E-state index in [1.54, 1.807) is 6.20 Å². The molecule has 1 aliphatic heterocycles. The van der Waals surface area contributed by atoms with Gasteiger partial charge in [0.1, 0.15) is 11.4 Å². The van der Waals surface area contributed by atoms with E-state index in [1.807, 2.05) is 26.8 Å². The van der Waals surface area contributed by atoms with Gasteiger partial charge in [0.05, 0.1) is 0 Å². The van der Waals surface area contributed by atoms with Gasteiger partial charge in [-0.25, -0.2) is 14.8 Å². The second kappa shape index (κ2) is 6.47. The molecule has 7 heteroatoms. The number of amides is 1. The van der Waals surface area contributed by atoms with Crippen LogP contribution in [0.5, 0.6) is 0 Å². The number of alkyl carbamates (subject to hydrolysis) is 1. The Kier molecular flexibility index (Phi) is 4.88. The van der Waals surface area contributed by atoms with Crippen molar-refractivity contribution in [1.82, 2.24) is 15.3 Å². The summed E-state index contributed by atoms with van der Waals surface area (Å²) < 4.78 is 5.29. The Hall–Kier alpha value is -1.56. The number of aromatic nitrogens is 2. The molecule has 0 aliphatic carbocycles. The number of nitrogens with one attached hydrogen (secondary N) is 1. The molecule has 0 radical (unpaired) electrons. The molecule has 0 unspecified atom stereocenters. The molecular formula is C14H21ClN4O2. The minimum absolute atomic E-state index is 0.0438. The fourth-order valence-corrected chi connectivity index (χ4v) is 2.42. The predicted molar refractivity (Wildman–Crippen MR) is 81.6 cm³/mol. The van der Waals surface area contributed by atoms with Crippen molar-refractivity contribution >= 4 is 23.5 Å². The molecule has 0 aromatic carbocycles. The standard InChI is InChI=1S/C14H21ClN4O2/c1-14(2,3)21-13(20)17-10-5-4-8-19(9-10)11-6-7-16-12(15)18-11/h6-7,10H,4-5,8-9H2,1-3H3,(H,17,20)/t10-/m1/s1. The average Bonchev–Trinajstić information content (AvgIpc) is 2.36. The van der Waals surface area contributed by atoms with Gasteiger partial charge in [-0.1, -0.05) is 0 Å². The summed E-state index contributed by atoms with van der Waals surface area (Å²) in [5.74, 6) is 0.783. The number of ether oxygens (including phenoxy) is 1. The summed E-state index contributed by atoms with van der Waals surface area (Å²) in [5, 5.41) is 3.14. The van der Waals surface area contributed by atoms with Crippen LogP contribution in [0.4, 0.5) is 10.6 Å². The Morgan fingerprint density at radius 3 is 2.95 bits per heavy atom. The number of rotatable bonds is 2. The lowest BCUT2D eigenvalue weighted by atomic mass is 10.1. The van der Waals surface area contributed by atoms with Crippen molar-refractivity contribution in [2.45, 2.75) is 45.3 Å². The lowest BCUT2D eigenvalue weighted by molar-refractivity contribution is 0.0500. The van der Waals surface area contributed by atoms with Gasteiger partial charge in [-0.3, -0.25) is 0 Å². The van der Waals surface area contributed by atoms with E-state index in [-0.39, 0.29) is 17.4 Å². The van der Waals surface area contributed by atoms with Crippen LogP contribution in [-0.2, 0) is 4.74 Å². The van der Waals surface area contributed by atoms with Gasteiger partial charge in [-0.15, -0.1) is 0 Å². The largest absolute Gasteiger partial charge is 0.444 e. The molecule has 116 valence electrons. The van der Waals surface area contributed by atoms with Crippen LogP contribution in [0.3, 0.4) is 0 Å². The Bertz CT molecular complexity index is 504. The number of carbonyl (C=O) groups excluding carboxylic acids is 1. The molecule has 1 N–H and O–H groups in total. The molecular weight excluding hydrogens is 292 g/mol. The summed E-state index contributed by atoms with van der Waals surface area (Å²) in [5.41, 5.74) is -0.487. The van der Waals surface area contributed by atoms with Gasteiger partial charge in [-0.2, -0.15) is 0 Å². The van der Waals surface area contributed by atoms with Crippen LogP contribution in [0.2, 0.25) is 5.28 Å². The minimum Gasteiger partial charge on any atom is -0.444 e. The number of nitrogens with zero attached hydrogens (tertiary/aromatic N) is 3. The highest BCUT2D eigenvalue weighted by Gasteiger charge is 2.24. The van der Waals surface area contributed by atoms with Crippen molar-refractivity contribution in [2.24, 2.45) is 0 Å². The number of hydrogen-bond acceptors (Lipinski definition) is 5. The summed E-state index contributed by atoms with van der Waals surface area (Å²) >= 11 is 5.82. The molecule has 1 fully saturated rings. The second-order valence-corrected chi connectivity index (χ2v) is 6.45.